The number of carboxylic acids is 1. The van der Waals surface area contributed by atoms with Crippen molar-refractivity contribution >= 4 is 23.4 Å². The molecule has 0 atom stereocenters. The summed E-state index contributed by atoms with van der Waals surface area (Å²) in [6, 6.07) is 5.53. The average molecular weight is 496 g/mol. The maximum atomic E-state index is 10.8. The summed E-state index contributed by atoms with van der Waals surface area (Å²) in [7, 11) is 0. The van der Waals surface area contributed by atoms with Crippen molar-refractivity contribution in [2.24, 2.45) is 0 Å². The molecule has 0 aliphatic carbocycles. The quantitative estimate of drug-likeness (QED) is 0.205. The second-order valence-electron chi connectivity index (χ2n) is 3.56. The molecule has 9 heteroatoms. The third-order valence-corrected chi connectivity index (χ3v) is 1.80. The first-order valence-corrected chi connectivity index (χ1v) is 5.60. The van der Waals surface area contributed by atoms with Crippen LogP contribution in [-0.2, 0) is 42.0 Å². The SMILES string of the molecule is CC(=O)OC(=[C]CO)c1cccc([N+](=O)[O-])c1.CC(=O)[O-].[Hg+]. The minimum atomic E-state index is -1.08. The summed E-state index contributed by atoms with van der Waals surface area (Å²) in [5.41, 5.74) is 0.176. The number of ether oxygens (including phenoxy) is 1. The van der Waals surface area contributed by atoms with E-state index in [1.807, 2.05) is 0 Å². The Labute approximate surface area is 147 Å². The van der Waals surface area contributed by atoms with Crippen molar-refractivity contribution in [2.45, 2.75) is 13.8 Å². The number of rotatable bonds is 4. The van der Waals surface area contributed by atoms with Gasteiger partial charge < -0.3 is 19.7 Å². The number of nitro benzene ring substituents is 1. The van der Waals surface area contributed by atoms with Crippen molar-refractivity contribution in [3.05, 3.63) is 46.0 Å². The second-order valence-corrected chi connectivity index (χ2v) is 3.56. The number of carboxylic acid groups (broad SMARTS) is 1. The van der Waals surface area contributed by atoms with E-state index in [1.54, 1.807) is 0 Å². The molecule has 1 aromatic rings. The summed E-state index contributed by atoms with van der Waals surface area (Å²) in [6.07, 6.45) is 2.40. The fraction of sp³-hybridized carbons (Fsp3) is 0.231. The molecule has 0 aliphatic rings. The number of esters is 1. The van der Waals surface area contributed by atoms with Crippen LogP contribution in [0.4, 0.5) is 5.69 Å². The first-order valence-electron chi connectivity index (χ1n) is 5.60. The predicted octanol–water partition coefficient (Wildman–Crippen LogP) is 0.0480. The van der Waals surface area contributed by atoms with Crippen molar-refractivity contribution in [3.63, 3.8) is 0 Å². The molecule has 0 unspecified atom stereocenters. The Balaban J connectivity index is 0. The van der Waals surface area contributed by atoms with Crippen molar-refractivity contribution in [2.75, 3.05) is 6.61 Å². The second kappa shape index (κ2) is 11.8. The van der Waals surface area contributed by atoms with Gasteiger partial charge in [-0.1, -0.05) is 12.1 Å². The van der Waals surface area contributed by atoms with Crippen molar-refractivity contribution in [1.29, 1.82) is 0 Å². The van der Waals surface area contributed by atoms with Gasteiger partial charge in [-0.25, -0.2) is 0 Å². The Morgan fingerprint density at radius 1 is 1.36 bits per heavy atom. The molecule has 1 aromatic carbocycles. The standard InChI is InChI=1S/C11H10NO5.C2H4O2.Hg/c1-8(14)17-11(5-6-13)9-3-2-4-10(7-9)12(15)16;1-2(3)4;/h2-4,7,13H,6H2,1H3;1H3,(H,3,4);/q;;+1/p-1. The van der Waals surface area contributed by atoms with Crippen LogP contribution in [-0.4, -0.2) is 28.6 Å². The zero-order valence-corrected chi connectivity index (χ0v) is 17.6. The van der Waals surface area contributed by atoms with E-state index in [9.17, 15) is 14.9 Å². The monoisotopic (exact) mass is 497 g/mol. The van der Waals surface area contributed by atoms with Gasteiger partial charge in [-0.3, -0.25) is 14.9 Å². The Kier molecular flexibility index (Phi) is 12.1. The third-order valence-electron chi connectivity index (χ3n) is 1.80. The van der Waals surface area contributed by atoms with E-state index in [4.69, 9.17) is 19.7 Å². The van der Waals surface area contributed by atoms with Gasteiger partial charge in [0, 0.05) is 36.7 Å². The summed E-state index contributed by atoms with van der Waals surface area (Å²) in [5.74, 6) is -1.70. The van der Waals surface area contributed by atoms with Crippen LogP contribution in [0.2, 0.25) is 0 Å². The zero-order valence-electron chi connectivity index (χ0n) is 12.1. The Bertz CT molecular complexity index is 553. The third kappa shape index (κ3) is 10.00. The van der Waals surface area contributed by atoms with E-state index in [0.29, 0.717) is 5.56 Å². The smallest absolute Gasteiger partial charge is 0.550 e. The van der Waals surface area contributed by atoms with E-state index in [1.165, 1.54) is 31.2 Å². The molecule has 0 bridgehead atoms. The fourth-order valence-electron chi connectivity index (χ4n) is 1.17. The Morgan fingerprint density at radius 3 is 2.32 bits per heavy atom. The molecular weight excluding hydrogens is 483 g/mol. The summed E-state index contributed by atoms with van der Waals surface area (Å²) < 4.78 is 4.80. The van der Waals surface area contributed by atoms with Gasteiger partial charge in [0.2, 0.25) is 0 Å². The number of aliphatic hydroxyl groups excluding tert-OH is 1. The number of carbonyl (C=O) groups is 2. The number of aliphatic hydroxyl groups is 1. The molecule has 0 heterocycles. The fourth-order valence-corrected chi connectivity index (χ4v) is 1.17. The average Bonchev–Trinajstić information content (AvgIpc) is 2.37. The molecule has 0 amide bonds. The summed E-state index contributed by atoms with van der Waals surface area (Å²) in [4.78, 5) is 29.7. The molecule has 114 valence electrons. The molecule has 0 saturated heterocycles. The maximum absolute atomic E-state index is 10.8. The molecule has 22 heavy (non-hydrogen) atoms. The van der Waals surface area contributed by atoms with Crippen LogP contribution < -0.4 is 5.11 Å². The zero-order chi connectivity index (χ0) is 16.4. The molecule has 0 aromatic heterocycles. The molecule has 1 rings (SSSR count). The molecule has 1 N–H and O–H groups in total. The Morgan fingerprint density at radius 2 is 1.91 bits per heavy atom. The van der Waals surface area contributed by atoms with Gasteiger partial charge in [0.15, 0.2) is 0 Å². The van der Waals surface area contributed by atoms with Gasteiger partial charge >= 0.3 is 33.6 Å². The van der Waals surface area contributed by atoms with E-state index in [0.717, 1.165) is 6.92 Å². The number of benzene rings is 1. The Hall–Kier alpha value is -1.80. The summed E-state index contributed by atoms with van der Waals surface area (Å²) in [5, 5.41) is 28.2. The van der Waals surface area contributed by atoms with E-state index in [2.05, 4.69) is 6.08 Å². The first-order chi connectivity index (χ1) is 9.77. The van der Waals surface area contributed by atoms with Gasteiger partial charge in [0.25, 0.3) is 5.69 Å². The van der Waals surface area contributed by atoms with E-state index in [-0.39, 0.29) is 39.1 Å². The number of nitrogens with zero attached hydrogens (tertiary/aromatic N) is 1. The van der Waals surface area contributed by atoms with Crippen LogP contribution in [0.3, 0.4) is 0 Å². The number of carbonyl (C=O) groups excluding carboxylic acids is 2. The number of aliphatic carboxylic acids is 1. The van der Waals surface area contributed by atoms with Crippen LogP contribution in [0.25, 0.3) is 5.76 Å². The molecule has 0 spiro atoms. The minimum absolute atomic E-state index is 0. The summed E-state index contributed by atoms with van der Waals surface area (Å²) in [6.45, 7) is 1.71. The van der Waals surface area contributed by atoms with Crippen LogP contribution in [0.5, 0.6) is 0 Å². The van der Waals surface area contributed by atoms with Gasteiger partial charge in [0.1, 0.15) is 5.76 Å². The largest absolute Gasteiger partial charge is 1.00 e. The van der Waals surface area contributed by atoms with Crippen LogP contribution in [0, 0.1) is 16.2 Å². The minimum Gasteiger partial charge on any atom is -0.550 e. The van der Waals surface area contributed by atoms with Gasteiger partial charge in [-0.05, 0) is 6.92 Å². The van der Waals surface area contributed by atoms with E-state index < -0.39 is 23.5 Å². The predicted molar refractivity (Wildman–Crippen MR) is 69.3 cm³/mol. The number of hydrogen-bond acceptors (Lipinski definition) is 7. The van der Waals surface area contributed by atoms with Gasteiger partial charge in [-0.15, -0.1) is 0 Å². The molecular formula is C13H13HgNO7. The molecule has 0 fully saturated rings. The molecule has 0 saturated carbocycles. The molecule has 2 radical (unpaired) electrons. The number of nitro groups is 1. The van der Waals surface area contributed by atoms with Gasteiger partial charge in [-0.2, -0.15) is 0 Å². The number of non-ortho nitro benzene ring substituents is 1. The molecule has 0 aliphatic heterocycles. The first kappa shape index (κ1) is 22.5. The van der Waals surface area contributed by atoms with Crippen LogP contribution in [0.1, 0.15) is 19.4 Å². The van der Waals surface area contributed by atoms with E-state index >= 15 is 0 Å². The van der Waals surface area contributed by atoms with Crippen molar-refractivity contribution < 1.29 is 57.1 Å². The van der Waals surface area contributed by atoms with Crippen LogP contribution in [0.15, 0.2) is 24.3 Å². The molecule has 8 nitrogen and oxygen atoms in total. The summed E-state index contributed by atoms with van der Waals surface area (Å²) >= 11 is 0. The van der Waals surface area contributed by atoms with Crippen LogP contribution >= 0.6 is 0 Å². The van der Waals surface area contributed by atoms with Gasteiger partial charge in [0.05, 0.1) is 11.5 Å². The maximum Gasteiger partial charge on any atom is 1.00 e. The van der Waals surface area contributed by atoms with Crippen molar-refractivity contribution in [1.82, 2.24) is 0 Å². The topological polar surface area (TPSA) is 130 Å². The number of hydrogen-bond donors (Lipinski definition) is 1. The normalized spacial score (nSPS) is 9.68. The van der Waals surface area contributed by atoms with Crippen molar-refractivity contribution in [3.8, 4) is 0 Å².